The van der Waals surface area contributed by atoms with E-state index in [-0.39, 0.29) is 41.0 Å². The van der Waals surface area contributed by atoms with Crippen molar-refractivity contribution in [1.29, 1.82) is 0 Å². The molecule has 3 aliphatic carbocycles. The Kier molecular flexibility index (Phi) is 13.9. The molecule has 5 atom stereocenters. The van der Waals surface area contributed by atoms with Crippen molar-refractivity contribution in [3.63, 3.8) is 0 Å². The van der Waals surface area contributed by atoms with Crippen LogP contribution in [0.15, 0.2) is 34.3 Å². The van der Waals surface area contributed by atoms with Gasteiger partial charge in [0.2, 0.25) is 5.78 Å². The van der Waals surface area contributed by atoms with E-state index < -0.39 is 23.5 Å². The van der Waals surface area contributed by atoms with Gasteiger partial charge in [-0.2, -0.15) is 0 Å². The maximum atomic E-state index is 13.6. The predicted octanol–water partition coefficient (Wildman–Crippen LogP) is 4.21. The second kappa shape index (κ2) is 15.7. The summed E-state index contributed by atoms with van der Waals surface area (Å²) < 4.78 is 9.91. The number of aliphatic hydroxyl groups excluding tert-OH is 2. The van der Waals surface area contributed by atoms with Crippen LogP contribution in [0.1, 0.15) is 67.2 Å². The van der Waals surface area contributed by atoms with Crippen molar-refractivity contribution < 1.29 is 39.2 Å². The molecule has 0 amide bonds. The minimum Gasteiger partial charge on any atom is -0.504 e. The maximum absolute atomic E-state index is 13.6. The van der Waals surface area contributed by atoms with E-state index in [0.29, 0.717) is 17.6 Å². The molecule has 0 aromatic heterocycles. The number of cyclic esters (lactones) is 1. The quantitative estimate of drug-likeness (QED) is 0.314. The van der Waals surface area contributed by atoms with Gasteiger partial charge in [0.25, 0.3) is 5.97 Å². The summed E-state index contributed by atoms with van der Waals surface area (Å²) in [6.07, 6.45) is 4.33. The van der Waals surface area contributed by atoms with E-state index in [0.717, 1.165) is 44.8 Å². The van der Waals surface area contributed by atoms with Crippen LogP contribution in [0.4, 0.5) is 0 Å². The van der Waals surface area contributed by atoms with Crippen molar-refractivity contribution >= 4 is 17.7 Å². The number of fused-ring (bicyclic) bond motifs is 4. The first-order valence-corrected chi connectivity index (χ1v) is 14.8. The average molecular weight is 595 g/mol. The van der Waals surface area contributed by atoms with Crippen LogP contribution in [0.3, 0.4) is 0 Å². The zero-order valence-electron chi connectivity index (χ0n) is 27.5. The van der Waals surface area contributed by atoms with E-state index in [2.05, 4.69) is 23.5 Å². The largest absolute Gasteiger partial charge is 0.504 e. The van der Waals surface area contributed by atoms with E-state index >= 15 is 0 Å². The fraction of sp³-hybridized carbons (Fsp3) is 0.719. The van der Waals surface area contributed by atoms with Gasteiger partial charge in [-0.25, -0.2) is 4.79 Å². The van der Waals surface area contributed by atoms with Gasteiger partial charge >= 0.3 is 5.97 Å². The highest BCUT2D eigenvalue weighted by molar-refractivity contribution is 6.12. The number of carboxylic acid groups (broad SMARTS) is 1. The molecule has 4 rings (SSSR count). The van der Waals surface area contributed by atoms with Crippen molar-refractivity contribution in [2.24, 2.45) is 22.7 Å². The van der Waals surface area contributed by atoms with E-state index in [4.69, 9.17) is 14.6 Å². The Balaban J connectivity index is 0.000000873. The molecule has 0 aromatic carbocycles. The van der Waals surface area contributed by atoms with Gasteiger partial charge in [0.15, 0.2) is 5.76 Å². The SMILES string of the molecule is CC.CC(=O)O.CC1C[C@@]2(C)C(CC[C@@H]2O)C2=C1[C@@]1(C)COC(=O)/C(=C\N(C)CCCN(C)C)C1=C(O)C2=O.COC. The first kappa shape index (κ1) is 37.3. The maximum Gasteiger partial charge on any atom is 0.340 e. The summed E-state index contributed by atoms with van der Waals surface area (Å²) in [5.41, 5.74) is 1.15. The van der Waals surface area contributed by atoms with Gasteiger partial charge in [0.1, 0.15) is 6.61 Å². The number of aliphatic hydroxyl groups is 2. The molecule has 4 aliphatic rings. The summed E-state index contributed by atoms with van der Waals surface area (Å²) in [6, 6.07) is 0. The van der Waals surface area contributed by atoms with Crippen LogP contribution in [-0.4, -0.2) is 104 Å². The summed E-state index contributed by atoms with van der Waals surface area (Å²) in [6.45, 7) is 13.0. The second-order valence-electron chi connectivity index (χ2n) is 12.2. The Morgan fingerprint density at radius 2 is 1.67 bits per heavy atom. The normalized spacial score (nSPS) is 30.5. The van der Waals surface area contributed by atoms with Crippen molar-refractivity contribution in [2.45, 2.75) is 73.3 Å². The topological polar surface area (TPSA) is 137 Å². The molecule has 0 aromatic rings. The lowest BCUT2D eigenvalue weighted by Gasteiger charge is -2.52. The fourth-order valence-corrected chi connectivity index (χ4v) is 6.95. The van der Waals surface area contributed by atoms with Crippen LogP contribution in [-0.2, 0) is 23.9 Å². The monoisotopic (exact) mass is 594 g/mol. The van der Waals surface area contributed by atoms with Crippen molar-refractivity contribution in [3.8, 4) is 0 Å². The Morgan fingerprint density at radius 1 is 1.12 bits per heavy atom. The molecule has 2 unspecified atom stereocenters. The van der Waals surface area contributed by atoms with Crippen molar-refractivity contribution in [3.05, 3.63) is 34.3 Å². The van der Waals surface area contributed by atoms with Crippen LogP contribution in [0.25, 0.3) is 0 Å². The minimum atomic E-state index is -0.833. The fourth-order valence-electron chi connectivity index (χ4n) is 6.95. The molecule has 10 heteroatoms. The smallest absolute Gasteiger partial charge is 0.340 e. The lowest BCUT2D eigenvalue weighted by Crippen LogP contribution is -2.50. The molecule has 42 heavy (non-hydrogen) atoms. The summed E-state index contributed by atoms with van der Waals surface area (Å²) in [7, 11) is 9.18. The van der Waals surface area contributed by atoms with Crippen LogP contribution in [0.5, 0.6) is 0 Å². The van der Waals surface area contributed by atoms with E-state index in [1.165, 1.54) is 0 Å². The number of nitrogens with zero attached hydrogens (tertiary/aromatic N) is 2. The highest BCUT2D eigenvalue weighted by Crippen LogP contribution is 2.62. The molecule has 0 spiro atoms. The van der Waals surface area contributed by atoms with Gasteiger partial charge in [0, 0.05) is 57.5 Å². The molecule has 1 heterocycles. The number of carbonyl (C=O) groups is 3. The zero-order valence-corrected chi connectivity index (χ0v) is 27.5. The van der Waals surface area contributed by atoms with Crippen LogP contribution >= 0.6 is 0 Å². The third kappa shape index (κ3) is 7.82. The van der Waals surface area contributed by atoms with E-state index in [1.807, 2.05) is 46.8 Å². The Labute approximate surface area is 252 Å². The number of hydrogen-bond donors (Lipinski definition) is 3. The van der Waals surface area contributed by atoms with Gasteiger partial charge in [-0.1, -0.05) is 27.7 Å². The molecule has 0 radical (unpaired) electrons. The Morgan fingerprint density at radius 3 is 2.19 bits per heavy atom. The molecular formula is C32H54N2O8. The lowest BCUT2D eigenvalue weighted by atomic mass is 9.53. The number of esters is 1. The van der Waals surface area contributed by atoms with Gasteiger partial charge in [0.05, 0.1) is 17.1 Å². The van der Waals surface area contributed by atoms with Gasteiger partial charge in [-0.05, 0) is 70.7 Å². The van der Waals surface area contributed by atoms with Crippen molar-refractivity contribution in [2.75, 3.05) is 55.1 Å². The molecule has 1 saturated carbocycles. The molecule has 10 nitrogen and oxygen atoms in total. The third-order valence-electron chi connectivity index (χ3n) is 8.45. The number of rotatable bonds is 5. The number of aliphatic carboxylic acids is 1. The van der Waals surface area contributed by atoms with Gasteiger partial charge in [-0.15, -0.1) is 0 Å². The second-order valence-corrected chi connectivity index (χ2v) is 12.2. The number of allylic oxidation sites excluding steroid dienone is 1. The first-order chi connectivity index (χ1) is 19.6. The highest BCUT2D eigenvalue weighted by atomic mass is 16.5. The number of hydrogen-bond acceptors (Lipinski definition) is 9. The Hall–Kier alpha value is -2.69. The number of ketones is 1. The summed E-state index contributed by atoms with van der Waals surface area (Å²) in [5, 5.41) is 29.4. The van der Waals surface area contributed by atoms with Crippen LogP contribution < -0.4 is 0 Å². The summed E-state index contributed by atoms with van der Waals surface area (Å²) in [5.74, 6) is -2.12. The molecule has 1 aliphatic heterocycles. The summed E-state index contributed by atoms with van der Waals surface area (Å²) in [4.78, 5) is 39.5. The Bertz CT molecular complexity index is 1070. The van der Waals surface area contributed by atoms with Crippen molar-refractivity contribution in [1.82, 2.24) is 9.80 Å². The average Bonchev–Trinajstić information content (AvgIpc) is 3.18. The van der Waals surface area contributed by atoms with E-state index in [9.17, 15) is 19.8 Å². The molecule has 3 N–H and O–H groups in total. The number of carboxylic acids is 1. The number of carbonyl (C=O) groups excluding carboxylic acids is 2. The standard InChI is InChI=1S/C26H38N2O5.C2H4O2.C2H6O.C2H6/c1-15-12-25(2)17(8-9-18(25)29)19-20(15)26(3)14-33-24(32)16(21(26)23(31)22(19)30)13-28(6)11-7-10-27(4)5;1-2(3)4;1-3-2;1-2/h13,15,17-18,29,31H,7-12,14H2,1-6H3;1H3,(H,3,4);1-2H3;1-2H3/b16-13-;;;/t15?,17?,18-,25-,26+;;;/m0.../s1. The van der Waals surface area contributed by atoms with Crippen LogP contribution in [0, 0.1) is 22.7 Å². The van der Waals surface area contributed by atoms with Gasteiger partial charge < -0.3 is 34.6 Å². The minimum absolute atomic E-state index is 0.0296. The summed E-state index contributed by atoms with van der Waals surface area (Å²) >= 11 is 0. The molecular weight excluding hydrogens is 540 g/mol. The highest BCUT2D eigenvalue weighted by Gasteiger charge is 2.60. The number of methoxy groups -OCH3 is 1. The van der Waals surface area contributed by atoms with E-state index in [1.54, 1.807) is 20.4 Å². The molecule has 1 saturated heterocycles. The van der Waals surface area contributed by atoms with Gasteiger partial charge in [-0.3, -0.25) is 9.59 Å². The number of ether oxygens (including phenoxy) is 2. The predicted molar refractivity (Wildman–Crippen MR) is 163 cm³/mol. The molecule has 0 bridgehead atoms. The number of Topliss-reactive ketones (excluding diaryl/α,β-unsaturated/α-hetero) is 1. The lowest BCUT2D eigenvalue weighted by molar-refractivity contribution is -0.144. The molecule has 2 fully saturated rings. The first-order valence-electron chi connectivity index (χ1n) is 14.8. The zero-order chi connectivity index (χ0) is 32.6. The third-order valence-corrected chi connectivity index (χ3v) is 8.45. The van der Waals surface area contributed by atoms with Crippen LogP contribution in [0.2, 0.25) is 0 Å². The molecule has 240 valence electrons.